The lowest BCUT2D eigenvalue weighted by atomic mass is 9.64. The second-order valence-electron chi connectivity index (χ2n) is 16.2. The van der Waals surface area contributed by atoms with Gasteiger partial charge < -0.3 is 10.1 Å². The van der Waals surface area contributed by atoms with Crippen molar-refractivity contribution in [3.05, 3.63) is 257 Å². The molecular weight excluding hydrogens is 755 g/mol. The van der Waals surface area contributed by atoms with E-state index in [-0.39, 0.29) is 5.84 Å². The van der Waals surface area contributed by atoms with Crippen molar-refractivity contribution in [2.75, 3.05) is 0 Å². The zero-order chi connectivity index (χ0) is 41.5. The van der Waals surface area contributed by atoms with Gasteiger partial charge in [-0.2, -0.15) is 0 Å². The van der Waals surface area contributed by atoms with Crippen LogP contribution in [0.2, 0.25) is 0 Å². The number of amidine groups is 2. The van der Waals surface area contributed by atoms with Gasteiger partial charge in [0.1, 0.15) is 17.3 Å². The fourth-order valence-corrected chi connectivity index (χ4v) is 9.79. The lowest BCUT2D eigenvalue weighted by molar-refractivity contribution is 0.432. The van der Waals surface area contributed by atoms with Crippen molar-refractivity contribution in [1.29, 1.82) is 5.41 Å². The molecule has 0 aromatic heterocycles. The number of para-hydroxylation sites is 1. The summed E-state index contributed by atoms with van der Waals surface area (Å²) in [6, 6.07) is 70.2. The summed E-state index contributed by atoms with van der Waals surface area (Å²) in [4.78, 5) is 5.02. The lowest BCUT2D eigenvalue weighted by Gasteiger charge is -2.41. The zero-order valence-electron chi connectivity index (χ0n) is 34.2. The maximum absolute atomic E-state index is 9.34. The Labute approximate surface area is 362 Å². The molecule has 2 N–H and O–H groups in total. The van der Waals surface area contributed by atoms with Crippen molar-refractivity contribution in [3.63, 3.8) is 0 Å². The first-order valence-corrected chi connectivity index (χ1v) is 21.4. The minimum Gasteiger partial charge on any atom is -0.457 e. The largest absolute Gasteiger partial charge is 0.457 e. The molecule has 0 bridgehead atoms. The third-order valence-electron chi connectivity index (χ3n) is 12.6. The van der Waals surface area contributed by atoms with Crippen LogP contribution in [0.1, 0.15) is 51.8 Å². The summed E-state index contributed by atoms with van der Waals surface area (Å²) in [5, 5.41) is 12.9. The highest BCUT2D eigenvalue weighted by atomic mass is 16.5. The molecule has 296 valence electrons. The highest BCUT2D eigenvalue weighted by molar-refractivity contribution is 6.13. The van der Waals surface area contributed by atoms with Crippen molar-refractivity contribution >= 4 is 17.2 Å². The van der Waals surface area contributed by atoms with Gasteiger partial charge in [-0.15, -0.1) is 0 Å². The number of fused-ring (bicyclic) bond motifs is 8. The first kappa shape index (κ1) is 37.2. The molecule has 4 nitrogen and oxygen atoms in total. The smallest absolute Gasteiger partial charge is 0.154 e. The first-order chi connectivity index (χ1) is 30.6. The number of aliphatic imine (C=N–C) groups is 1. The Morgan fingerprint density at radius 1 is 0.548 bits per heavy atom. The van der Waals surface area contributed by atoms with Gasteiger partial charge in [-0.1, -0.05) is 182 Å². The van der Waals surface area contributed by atoms with Crippen LogP contribution in [0.4, 0.5) is 0 Å². The van der Waals surface area contributed by atoms with Gasteiger partial charge in [0, 0.05) is 28.8 Å². The summed E-state index contributed by atoms with van der Waals surface area (Å²) in [5.74, 6) is 2.66. The second kappa shape index (κ2) is 15.7. The van der Waals surface area contributed by atoms with Crippen LogP contribution in [0.3, 0.4) is 0 Å². The number of nitrogens with zero attached hydrogens (tertiary/aromatic N) is 1. The molecular formula is C58H43N3O. The molecule has 11 rings (SSSR count). The van der Waals surface area contributed by atoms with Crippen LogP contribution in [-0.2, 0) is 12.0 Å². The van der Waals surface area contributed by atoms with Gasteiger partial charge in [0.25, 0.3) is 0 Å². The SMILES string of the molecule is N=C(N=C(NCc1ccccc1)c1cccc(-c2cccc(-c3ccc4c(c3)C3(C5=C(C=CCC5)c5ccccc53)c3ccccc3O4)c2)c1)c1ccccc1-c1ccccc1. The summed E-state index contributed by atoms with van der Waals surface area (Å²) < 4.78 is 6.74. The normalized spacial score (nSPS) is 15.9. The van der Waals surface area contributed by atoms with E-state index in [1.165, 1.54) is 33.4 Å². The Hall–Kier alpha value is -7.82. The topological polar surface area (TPSA) is 57.5 Å². The van der Waals surface area contributed by atoms with Gasteiger partial charge >= 0.3 is 0 Å². The van der Waals surface area contributed by atoms with E-state index in [9.17, 15) is 5.41 Å². The molecule has 1 spiro atoms. The summed E-state index contributed by atoms with van der Waals surface area (Å²) in [6.07, 6.45) is 6.67. The average molecular weight is 798 g/mol. The molecule has 1 unspecified atom stereocenters. The number of rotatable bonds is 7. The standard InChI is InChI=1S/C58H43N3O/c59-56(49-28-8-7-25-46(49)40-19-5-2-6-20-40)61-57(60-38-39-17-3-1-4-18-39)45-24-16-23-43(36-45)41-21-15-22-42(35-41)44-33-34-55-53(37-44)58(52-31-13-14-32-54(52)62-55)50-29-11-9-26-47(50)48-27-10-12-30-51(48)58/h1-11,13-29,31-37H,12,30,38H2,(H2,59,60,61). The number of benzene rings is 8. The van der Waals surface area contributed by atoms with Crippen molar-refractivity contribution in [2.45, 2.75) is 24.8 Å². The van der Waals surface area contributed by atoms with E-state index in [1.807, 2.05) is 54.6 Å². The van der Waals surface area contributed by atoms with E-state index in [0.717, 1.165) is 74.4 Å². The molecule has 2 aliphatic carbocycles. The molecule has 1 atom stereocenters. The van der Waals surface area contributed by atoms with Crippen LogP contribution in [0.5, 0.6) is 11.5 Å². The van der Waals surface area contributed by atoms with Crippen LogP contribution >= 0.6 is 0 Å². The van der Waals surface area contributed by atoms with Gasteiger partial charge in [0.2, 0.25) is 0 Å². The Morgan fingerprint density at radius 2 is 1.18 bits per heavy atom. The van der Waals surface area contributed by atoms with E-state index in [4.69, 9.17) is 9.73 Å². The van der Waals surface area contributed by atoms with Gasteiger partial charge in [0.15, 0.2) is 5.84 Å². The number of hydrogen-bond donors (Lipinski definition) is 2. The zero-order valence-corrected chi connectivity index (χ0v) is 34.2. The van der Waals surface area contributed by atoms with Gasteiger partial charge in [-0.3, -0.25) is 5.41 Å². The fraction of sp³-hybridized carbons (Fsp3) is 0.0690. The number of nitrogens with one attached hydrogen (secondary N) is 2. The average Bonchev–Trinajstić information content (AvgIpc) is 3.64. The van der Waals surface area contributed by atoms with Crippen molar-refractivity contribution in [2.24, 2.45) is 4.99 Å². The first-order valence-electron chi connectivity index (χ1n) is 21.4. The van der Waals surface area contributed by atoms with Crippen molar-refractivity contribution in [3.8, 4) is 44.9 Å². The predicted octanol–water partition coefficient (Wildman–Crippen LogP) is 13.8. The molecule has 0 fully saturated rings. The molecule has 1 heterocycles. The van der Waals surface area contributed by atoms with E-state index >= 15 is 0 Å². The molecule has 8 aromatic rings. The minimum absolute atomic E-state index is 0.196. The van der Waals surface area contributed by atoms with E-state index < -0.39 is 5.41 Å². The Bertz CT molecular complexity index is 3120. The summed E-state index contributed by atoms with van der Waals surface area (Å²) >= 11 is 0. The molecule has 62 heavy (non-hydrogen) atoms. The Kier molecular flexibility index (Phi) is 9.39. The summed E-state index contributed by atoms with van der Waals surface area (Å²) in [6.45, 7) is 0.570. The monoisotopic (exact) mass is 797 g/mol. The molecule has 0 radical (unpaired) electrons. The fourth-order valence-electron chi connectivity index (χ4n) is 9.79. The third kappa shape index (κ3) is 6.40. The van der Waals surface area contributed by atoms with Crippen LogP contribution in [0.25, 0.3) is 39.0 Å². The van der Waals surface area contributed by atoms with Gasteiger partial charge in [0.05, 0.1) is 5.41 Å². The quantitative estimate of drug-likeness (QED) is 0.125. The summed E-state index contributed by atoms with van der Waals surface area (Å²) in [5.41, 5.74) is 16.7. The Balaban J connectivity index is 0.983. The summed E-state index contributed by atoms with van der Waals surface area (Å²) in [7, 11) is 0. The second-order valence-corrected chi connectivity index (χ2v) is 16.2. The molecule has 0 saturated carbocycles. The highest BCUT2D eigenvalue weighted by Crippen LogP contribution is 2.63. The van der Waals surface area contributed by atoms with Crippen LogP contribution < -0.4 is 10.1 Å². The van der Waals surface area contributed by atoms with Crippen molar-refractivity contribution in [1.82, 2.24) is 5.32 Å². The third-order valence-corrected chi connectivity index (χ3v) is 12.6. The minimum atomic E-state index is -0.444. The van der Waals surface area contributed by atoms with E-state index in [1.54, 1.807) is 0 Å². The highest BCUT2D eigenvalue weighted by Gasteiger charge is 2.52. The molecule has 4 heteroatoms. The molecule has 1 aliphatic heterocycles. The van der Waals surface area contributed by atoms with Crippen LogP contribution in [0.15, 0.2) is 223 Å². The Morgan fingerprint density at radius 3 is 2.00 bits per heavy atom. The molecule has 3 aliphatic rings. The molecule has 0 saturated heterocycles. The molecule has 0 amide bonds. The van der Waals surface area contributed by atoms with Crippen molar-refractivity contribution < 1.29 is 4.74 Å². The number of allylic oxidation sites excluding steroid dienone is 4. The lowest BCUT2D eigenvalue weighted by Crippen LogP contribution is -2.33. The molecule has 8 aromatic carbocycles. The maximum atomic E-state index is 9.34. The van der Waals surface area contributed by atoms with E-state index in [2.05, 4.69) is 163 Å². The van der Waals surface area contributed by atoms with Gasteiger partial charge in [-0.25, -0.2) is 4.99 Å². The number of hydrogen-bond acceptors (Lipinski definition) is 2. The van der Waals surface area contributed by atoms with Crippen LogP contribution in [0, 0.1) is 5.41 Å². The maximum Gasteiger partial charge on any atom is 0.154 e. The van der Waals surface area contributed by atoms with Crippen LogP contribution in [-0.4, -0.2) is 11.7 Å². The number of ether oxygens (including phenoxy) is 1. The predicted molar refractivity (Wildman–Crippen MR) is 254 cm³/mol. The van der Waals surface area contributed by atoms with E-state index in [0.29, 0.717) is 12.4 Å². The van der Waals surface area contributed by atoms with Gasteiger partial charge in [-0.05, 0) is 104 Å².